The summed E-state index contributed by atoms with van der Waals surface area (Å²) in [6.45, 7) is 0. The molecule has 0 saturated carbocycles. The van der Waals surface area contributed by atoms with Crippen LogP contribution in [0.3, 0.4) is 0 Å². The highest BCUT2D eigenvalue weighted by atomic mass is 15.0. The second-order valence-electron chi connectivity index (χ2n) is 18.4. The molecular formula is C66H45N3. The fourth-order valence-corrected chi connectivity index (χ4v) is 11.2. The Hall–Kier alpha value is -8.92. The molecule has 1 aliphatic rings. The molecule has 13 aromatic rings. The molecule has 3 heteroatoms. The maximum absolute atomic E-state index is 2.42. The van der Waals surface area contributed by atoms with Crippen LogP contribution in [0.2, 0.25) is 0 Å². The van der Waals surface area contributed by atoms with Crippen LogP contribution in [0.5, 0.6) is 0 Å². The Bertz CT molecular complexity index is 4200. The van der Waals surface area contributed by atoms with Crippen LogP contribution < -0.4 is 0 Å². The second kappa shape index (κ2) is 15.9. The smallest absolute Gasteiger partial charge is 0.0541 e. The lowest BCUT2D eigenvalue weighted by Crippen LogP contribution is -1.94. The number of hydrogen-bond donors (Lipinski definition) is 0. The number of rotatable bonds is 7. The maximum Gasteiger partial charge on any atom is 0.0541 e. The van der Waals surface area contributed by atoms with Gasteiger partial charge in [0.2, 0.25) is 0 Å². The van der Waals surface area contributed by atoms with Gasteiger partial charge in [-0.15, -0.1) is 0 Å². The summed E-state index contributed by atoms with van der Waals surface area (Å²) in [7, 11) is 0. The minimum atomic E-state index is 1.06. The largest absolute Gasteiger partial charge is 0.309 e. The summed E-state index contributed by atoms with van der Waals surface area (Å²) in [6.07, 6.45) is 8.89. The molecule has 69 heavy (non-hydrogen) atoms. The van der Waals surface area contributed by atoms with Crippen molar-refractivity contribution in [1.82, 2.24) is 13.7 Å². The zero-order valence-electron chi connectivity index (χ0n) is 37.9. The summed E-state index contributed by atoms with van der Waals surface area (Å²) in [5.74, 6) is 0. The van der Waals surface area contributed by atoms with E-state index >= 15 is 0 Å². The molecule has 3 nitrogen and oxygen atoms in total. The molecule has 14 rings (SSSR count). The Balaban J connectivity index is 0.954. The summed E-state index contributed by atoms with van der Waals surface area (Å²) < 4.78 is 7.25. The van der Waals surface area contributed by atoms with Gasteiger partial charge in [0.15, 0.2) is 0 Å². The molecule has 0 amide bonds. The molecule has 0 unspecified atom stereocenters. The topological polar surface area (TPSA) is 14.8 Å². The van der Waals surface area contributed by atoms with E-state index in [1.165, 1.54) is 116 Å². The fourth-order valence-electron chi connectivity index (χ4n) is 11.2. The van der Waals surface area contributed by atoms with Gasteiger partial charge in [-0.2, -0.15) is 0 Å². The predicted molar refractivity (Wildman–Crippen MR) is 292 cm³/mol. The second-order valence-corrected chi connectivity index (χ2v) is 18.4. The Morgan fingerprint density at radius 2 is 0.551 bits per heavy atom. The van der Waals surface area contributed by atoms with Gasteiger partial charge < -0.3 is 13.7 Å². The molecule has 3 heterocycles. The van der Waals surface area contributed by atoms with Gasteiger partial charge in [0.25, 0.3) is 0 Å². The van der Waals surface area contributed by atoms with Gasteiger partial charge in [0.1, 0.15) is 0 Å². The number of benzene rings is 10. The molecule has 0 aliphatic heterocycles. The van der Waals surface area contributed by atoms with E-state index in [1.54, 1.807) is 0 Å². The van der Waals surface area contributed by atoms with Crippen LogP contribution in [0, 0.1) is 0 Å². The quantitative estimate of drug-likeness (QED) is 0.152. The highest BCUT2D eigenvalue weighted by molar-refractivity contribution is 6.15. The third kappa shape index (κ3) is 6.43. The number of aromatic nitrogens is 3. The predicted octanol–water partition coefficient (Wildman–Crippen LogP) is 17.7. The number of allylic oxidation sites excluding steroid dienone is 4. The molecule has 0 fully saturated rings. The molecule has 0 atom stereocenters. The van der Waals surface area contributed by atoms with Crippen molar-refractivity contribution >= 4 is 71.0 Å². The van der Waals surface area contributed by atoms with E-state index in [2.05, 4.69) is 262 Å². The molecule has 0 radical (unpaired) electrons. The average molecular weight is 880 g/mol. The standard InChI is InChI=1S/C66H45N3/c1-6-16-44(17-7-1)46-26-32-61-55(38-46)57-40-48(28-34-63(57)67(61)52-20-10-3-11-21-52)50-30-36-65-59(42-50)60-43-51(31-37-66(60)69(65)54-24-14-5-15-25-54)49-29-35-64-58(41-49)56-39-47(45-18-8-2-9-19-45)27-33-62(56)68(64)53-22-12-4-13-23-53/h1-8,10-18,20-43H,9,19H2. The first kappa shape index (κ1) is 39.3. The number of hydrogen-bond acceptors (Lipinski definition) is 0. The molecule has 0 N–H and O–H groups in total. The molecule has 10 aromatic carbocycles. The van der Waals surface area contributed by atoms with Crippen molar-refractivity contribution < 1.29 is 0 Å². The minimum Gasteiger partial charge on any atom is -0.309 e. The van der Waals surface area contributed by atoms with E-state index in [4.69, 9.17) is 0 Å². The number of fused-ring (bicyclic) bond motifs is 9. The van der Waals surface area contributed by atoms with Gasteiger partial charge in [-0.1, -0.05) is 140 Å². The van der Waals surface area contributed by atoms with Crippen LogP contribution in [0.1, 0.15) is 18.4 Å². The van der Waals surface area contributed by atoms with Crippen LogP contribution in [0.25, 0.3) is 121 Å². The SMILES string of the molecule is C1=CCCC(c2ccc3c(c2)c2cc(-c4ccc5c(c4)c4cc(-c6ccc7c(c6)c6cc(-c8ccccc8)ccc6n7-c6ccccc6)ccc4n5-c4ccccc4)ccc2n3-c2ccccc2)=C1. The van der Waals surface area contributed by atoms with E-state index in [0.717, 1.165) is 24.2 Å². The van der Waals surface area contributed by atoms with E-state index in [9.17, 15) is 0 Å². The first-order chi connectivity index (χ1) is 34.2. The Morgan fingerprint density at radius 3 is 0.870 bits per heavy atom. The van der Waals surface area contributed by atoms with Crippen LogP contribution in [0.4, 0.5) is 0 Å². The summed E-state index contributed by atoms with van der Waals surface area (Å²) in [5, 5.41) is 7.47. The van der Waals surface area contributed by atoms with Gasteiger partial charge in [0, 0.05) is 49.4 Å². The molecule has 0 saturated heterocycles. The van der Waals surface area contributed by atoms with Crippen LogP contribution in [-0.4, -0.2) is 13.7 Å². The lowest BCUT2D eigenvalue weighted by atomic mass is 9.95. The molecule has 3 aromatic heterocycles. The van der Waals surface area contributed by atoms with Crippen LogP contribution >= 0.6 is 0 Å². The Morgan fingerprint density at radius 1 is 0.261 bits per heavy atom. The lowest BCUT2D eigenvalue weighted by Gasteiger charge is -2.10. The highest BCUT2D eigenvalue weighted by Crippen LogP contribution is 2.42. The summed E-state index contributed by atoms with van der Waals surface area (Å²) >= 11 is 0. The van der Waals surface area contributed by atoms with Crippen molar-refractivity contribution in [2.24, 2.45) is 0 Å². The first-order valence-corrected chi connectivity index (χ1v) is 24.1. The summed E-state index contributed by atoms with van der Waals surface area (Å²) in [6, 6.07) is 85.1. The molecule has 1 aliphatic carbocycles. The van der Waals surface area contributed by atoms with Crippen molar-refractivity contribution in [2.75, 3.05) is 0 Å². The number of para-hydroxylation sites is 3. The maximum atomic E-state index is 2.42. The van der Waals surface area contributed by atoms with Gasteiger partial charge in [-0.05, 0) is 167 Å². The summed E-state index contributed by atoms with van der Waals surface area (Å²) in [5.41, 5.74) is 20.6. The zero-order valence-corrected chi connectivity index (χ0v) is 37.9. The van der Waals surface area contributed by atoms with Crippen molar-refractivity contribution in [3.63, 3.8) is 0 Å². The molecule has 0 bridgehead atoms. The zero-order chi connectivity index (χ0) is 45.4. The van der Waals surface area contributed by atoms with Crippen molar-refractivity contribution in [3.8, 4) is 50.4 Å². The van der Waals surface area contributed by atoms with E-state index in [-0.39, 0.29) is 0 Å². The van der Waals surface area contributed by atoms with E-state index in [1.807, 2.05) is 0 Å². The normalized spacial score (nSPS) is 12.8. The fraction of sp³-hybridized carbons (Fsp3) is 0.0303. The monoisotopic (exact) mass is 879 g/mol. The average Bonchev–Trinajstić information content (AvgIpc) is 4.06. The first-order valence-electron chi connectivity index (χ1n) is 24.1. The van der Waals surface area contributed by atoms with Gasteiger partial charge >= 0.3 is 0 Å². The van der Waals surface area contributed by atoms with Crippen molar-refractivity contribution in [3.05, 3.63) is 254 Å². The summed E-state index contributed by atoms with van der Waals surface area (Å²) in [4.78, 5) is 0. The Labute approximate surface area is 400 Å². The molecular weight excluding hydrogens is 835 g/mol. The molecule has 0 spiro atoms. The lowest BCUT2D eigenvalue weighted by molar-refractivity contribution is 1.05. The van der Waals surface area contributed by atoms with Crippen molar-refractivity contribution in [1.29, 1.82) is 0 Å². The Kier molecular flexibility index (Phi) is 9.03. The van der Waals surface area contributed by atoms with E-state index < -0.39 is 0 Å². The highest BCUT2D eigenvalue weighted by Gasteiger charge is 2.20. The van der Waals surface area contributed by atoms with Crippen LogP contribution in [-0.2, 0) is 0 Å². The van der Waals surface area contributed by atoms with Crippen LogP contribution in [0.15, 0.2) is 249 Å². The third-order valence-electron chi connectivity index (χ3n) is 14.5. The van der Waals surface area contributed by atoms with Crippen molar-refractivity contribution in [2.45, 2.75) is 12.8 Å². The minimum absolute atomic E-state index is 1.06. The van der Waals surface area contributed by atoms with Gasteiger partial charge in [-0.25, -0.2) is 0 Å². The third-order valence-corrected chi connectivity index (χ3v) is 14.5. The van der Waals surface area contributed by atoms with Gasteiger partial charge in [-0.3, -0.25) is 0 Å². The number of nitrogens with zero attached hydrogens (tertiary/aromatic N) is 3. The van der Waals surface area contributed by atoms with E-state index in [0.29, 0.717) is 0 Å². The van der Waals surface area contributed by atoms with Gasteiger partial charge in [0.05, 0.1) is 33.1 Å². The molecule has 324 valence electrons.